The van der Waals surface area contributed by atoms with Crippen molar-refractivity contribution in [3.63, 3.8) is 0 Å². The molecular weight excluding hydrogens is 310 g/mol. The first-order valence-electron chi connectivity index (χ1n) is 6.31. The summed E-state index contributed by atoms with van der Waals surface area (Å²) in [5, 5.41) is 0.460. The summed E-state index contributed by atoms with van der Waals surface area (Å²) in [4.78, 5) is 0.243. The molecule has 6 heteroatoms. The van der Waals surface area contributed by atoms with Crippen LogP contribution in [0.3, 0.4) is 0 Å². The van der Waals surface area contributed by atoms with Gasteiger partial charge in [-0.3, -0.25) is 0 Å². The molecule has 0 aliphatic carbocycles. The van der Waals surface area contributed by atoms with Crippen molar-refractivity contribution >= 4 is 21.6 Å². The molecule has 0 aromatic heterocycles. The summed E-state index contributed by atoms with van der Waals surface area (Å²) in [6.07, 6.45) is 0. The third-order valence-corrected chi connectivity index (χ3v) is 4.76. The normalized spacial score (nSPS) is 11.4. The smallest absolute Gasteiger partial charge is 0.240 e. The lowest BCUT2D eigenvalue weighted by atomic mass is 10.2. The minimum atomic E-state index is -3.55. The lowest BCUT2D eigenvalue weighted by Gasteiger charge is -2.09. The van der Waals surface area contributed by atoms with Crippen LogP contribution >= 0.6 is 11.6 Å². The molecule has 0 saturated carbocycles. The lowest BCUT2D eigenvalue weighted by molar-refractivity contribution is 0.414. The van der Waals surface area contributed by atoms with E-state index in [0.717, 1.165) is 5.56 Å². The largest absolute Gasteiger partial charge is 0.497 e. The van der Waals surface area contributed by atoms with E-state index in [1.807, 2.05) is 13.0 Å². The number of rotatable bonds is 5. The zero-order valence-electron chi connectivity index (χ0n) is 11.8. The van der Waals surface area contributed by atoms with Crippen molar-refractivity contribution in [1.29, 1.82) is 0 Å². The zero-order chi connectivity index (χ0) is 15.5. The highest BCUT2D eigenvalue weighted by Crippen LogP contribution is 2.22. The first-order valence-corrected chi connectivity index (χ1v) is 8.17. The Bertz CT molecular complexity index is 744. The SMILES string of the molecule is COc1ccc(CNS(=O)(=O)c2cccc(C)c2)c(Cl)c1. The Kier molecular flexibility index (Phi) is 4.88. The van der Waals surface area contributed by atoms with Crippen LogP contribution in [0, 0.1) is 6.92 Å². The molecule has 0 spiro atoms. The van der Waals surface area contributed by atoms with E-state index in [4.69, 9.17) is 16.3 Å². The third kappa shape index (κ3) is 3.97. The summed E-state index contributed by atoms with van der Waals surface area (Å²) in [6, 6.07) is 11.9. The van der Waals surface area contributed by atoms with Gasteiger partial charge in [-0.2, -0.15) is 0 Å². The molecular formula is C15H16ClNO3S. The highest BCUT2D eigenvalue weighted by Gasteiger charge is 2.14. The summed E-state index contributed by atoms with van der Waals surface area (Å²) < 4.78 is 32.0. The van der Waals surface area contributed by atoms with E-state index in [1.54, 1.807) is 43.5 Å². The molecule has 2 aromatic rings. The second kappa shape index (κ2) is 6.47. The van der Waals surface area contributed by atoms with Gasteiger partial charge in [-0.15, -0.1) is 0 Å². The van der Waals surface area contributed by atoms with Crippen LogP contribution in [-0.2, 0) is 16.6 Å². The van der Waals surface area contributed by atoms with Gasteiger partial charge in [0.25, 0.3) is 0 Å². The van der Waals surface area contributed by atoms with Gasteiger partial charge in [0.05, 0.1) is 12.0 Å². The van der Waals surface area contributed by atoms with Crippen molar-refractivity contribution in [3.8, 4) is 5.75 Å². The molecule has 1 N–H and O–H groups in total. The molecule has 0 aliphatic heterocycles. The number of sulfonamides is 1. The summed E-state index contributed by atoms with van der Waals surface area (Å²) in [7, 11) is -2.01. The quantitative estimate of drug-likeness (QED) is 0.918. The molecule has 0 amide bonds. The maximum atomic E-state index is 12.2. The average Bonchev–Trinajstić information content (AvgIpc) is 2.46. The first kappa shape index (κ1) is 15.8. The summed E-state index contributed by atoms with van der Waals surface area (Å²) >= 11 is 6.09. The van der Waals surface area contributed by atoms with E-state index in [9.17, 15) is 8.42 Å². The minimum Gasteiger partial charge on any atom is -0.497 e. The lowest BCUT2D eigenvalue weighted by Crippen LogP contribution is -2.23. The predicted molar refractivity (Wildman–Crippen MR) is 83.2 cm³/mol. The molecule has 0 fully saturated rings. The summed E-state index contributed by atoms with van der Waals surface area (Å²) in [5.74, 6) is 0.630. The molecule has 0 atom stereocenters. The number of methoxy groups -OCH3 is 1. The highest BCUT2D eigenvalue weighted by atomic mass is 35.5. The van der Waals surface area contributed by atoms with Crippen LogP contribution in [0.4, 0.5) is 0 Å². The van der Waals surface area contributed by atoms with E-state index < -0.39 is 10.0 Å². The van der Waals surface area contributed by atoms with Crippen LogP contribution in [0.2, 0.25) is 5.02 Å². The van der Waals surface area contributed by atoms with Gasteiger partial charge in [0.1, 0.15) is 5.75 Å². The van der Waals surface area contributed by atoms with Crippen molar-refractivity contribution in [1.82, 2.24) is 4.72 Å². The molecule has 0 unspecified atom stereocenters. The van der Waals surface area contributed by atoms with Crippen LogP contribution in [0.5, 0.6) is 5.75 Å². The van der Waals surface area contributed by atoms with Gasteiger partial charge in [-0.1, -0.05) is 29.8 Å². The number of benzene rings is 2. The Balaban J connectivity index is 2.15. The first-order chi connectivity index (χ1) is 9.92. The van der Waals surface area contributed by atoms with Gasteiger partial charge < -0.3 is 4.74 Å². The second-order valence-electron chi connectivity index (χ2n) is 4.60. The van der Waals surface area contributed by atoms with E-state index in [-0.39, 0.29) is 11.4 Å². The van der Waals surface area contributed by atoms with Gasteiger partial charge in [0.2, 0.25) is 10.0 Å². The molecule has 2 rings (SSSR count). The van der Waals surface area contributed by atoms with E-state index in [0.29, 0.717) is 16.3 Å². The van der Waals surface area contributed by atoms with Gasteiger partial charge in [0.15, 0.2) is 0 Å². The number of hydrogen-bond donors (Lipinski definition) is 1. The number of halogens is 1. The molecule has 112 valence electrons. The van der Waals surface area contributed by atoms with Crippen LogP contribution in [0.1, 0.15) is 11.1 Å². The van der Waals surface area contributed by atoms with Crippen molar-refractivity contribution in [2.24, 2.45) is 0 Å². The standard InChI is InChI=1S/C15H16ClNO3S/c1-11-4-3-5-14(8-11)21(18,19)17-10-12-6-7-13(20-2)9-15(12)16/h3-9,17H,10H2,1-2H3. The highest BCUT2D eigenvalue weighted by molar-refractivity contribution is 7.89. The molecule has 0 radical (unpaired) electrons. The minimum absolute atomic E-state index is 0.124. The number of nitrogens with one attached hydrogen (secondary N) is 1. The van der Waals surface area contributed by atoms with Crippen molar-refractivity contribution in [2.45, 2.75) is 18.4 Å². The van der Waals surface area contributed by atoms with Crippen molar-refractivity contribution in [3.05, 3.63) is 58.6 Å². The molecule has 0 heterocycles. The Morgan fingerprint density at radius 2 is 1.95 bits per heavy atom. The fourth-order valence-electron chi connectivity index (χ4n) is 1.84. The molecule has 0 saturated heterocycles. The Morgan fingerprint density at radius 3 is 2.57 bits per heavy atom. The maximum Gasteiger partial charge on any atom is 0.240 e. The predicted octanol–water partition coefficient (Wildman–Crippen LogP) is 3.14. The fourth-order valence-corrected chi connectivity index (χ4v) is 3.19. The van der Waals surface area contributed by atoms with Crippen LogP contribution in [-0.4, -0.2) is 15.5 Å². The van der Waals surface area contributed by atoms with E-state index in [2.05, 4.69) is 4.72 Å². The van der Waals surface area contributed by atoms with Crippen molar-refractivity contribution < 1.29 is 13.2 Å². The number of ether oxygens (including phenoxy) is 1. The van der Waals surface area contributed by atoms with Gasteiger partial charge in [0, 0.05) is 11.6 Å². The zero-order valence-corrected chi connectivity index (χ0v) is 13.3. The summed E-state index contributed by atoms with van der Waals surface area (Å²) in [6.45, 7) is 1.97. The van der Waals surface area contributed by atoms with Gasteiger partial charge >= 0.3 is 0 Å². The molecule has 2 aromatic carbocycles. The monoisotopic (exact) mass is 325 g/mol. The Hall–Kier alpha value is -1.56. The van der Waals surface area contributed by atoms with Crippen LogP contribution < -0.4 is 9.46 Å². The molecule has 0 aliphatic rings. The van der Waals surface area contributed by atoms with Gasteiger partial charge in [-0.25, -0.2) is 13.1 Å². The molecule has 0 bridgehead atoms. The number of aryl methyl sites for hydroxylation is 1. The second-order valence-corrected chi connectivity index (χ2v) is 6.77. The van der Waals surface area contributed by atoms with E-state index in [1.165, 1.54) is 0 Å². The van der Waals surface area contributed by atoms with Gasteiger partial charge in [-0.05, 0) is 42.3 Å². The Labute approximate surface area is 129 Å². The topological polar surface area (TPSA) is 55.4 Å². The molecule has 4 nitrogen and oxygen atoms in total. The van der Waals surface area contributed by atoms with Crippen LogP contribution in [0.25, 0.3) is 0 Å². The van der Waals surface area contributed by atoms with Crippen molar-refractivity contribution in [2.75, 3.05) is 7.11 Å². The Morgan fingerprint density at radius 1 is 1.19 bits per heavy atom. The maximum absolute atomic E-state index is 12.2. The van der Waals surface area contributed by atoms with Crippen LogP contribution in [0.15, 0.2) is 47.4 Å². The fraction of sp³-hybridized carbons (Fsp3) is 0.200. The summed E-state index contributed by atoms with van der Waals surface area (Å²) in [5.41, 5.74) is 1.58. The van der Waals surface area contributed by atoms with E-state index >= 15 is 0 Å². The number of hydrogen-bond acceptors (Lipinski definition) is 3. The molecule has 21 heavy (non-hydrogen) atoms. The third-order valence-electron chi connectivity index (χ3n) is 3.01. The average molecular weight is 326 g/mol.